The molecule has 0 aliphatic carbocycles. The molecule has 1 heterocycles. The van der Waals surface area contributed by atoms with Crippen LogP contribution in [-0.2, 0) is 0 Å². The normalized spacial score (nSPS) is 12.1. The molecule has 122 valence electrons. The summed E-state index contributed by atoms with van der Waals surface area (Å²) < 4.78 is 6.32. The molecule has 0 aliphatic rings. The van der Waals surface area contributed by atoms with Gasteiger partial charge in [-0.1, -0.05) is 0 Å². The quantitative estimate of drug-likeness (QED) is 0.451. The summed E-state index contributed by atoms with van der Waals surface area (Å²) in [5.74, 6) is 0. The summed E-state index contributed by atoms with van der Waals surface area (Å²) in [5.41, 5.74) is 1.35. The molecule has 0 amide bonds. The van der Waals surface area contributed by atoms with Gasteiger partial charge in [0.05, 0.1) is 0 Å². The van der Waals surface area contributed by atoms with Gasteiger partial charge in [0.15, 0.2) is 0 Å². The van der Waals surface area contributed by atoms with Gasteiger partial charge in [-0.05, 0) is 0 Å². The Morgan fingerprint density at radius 2 is 1.36 bits per heavy atom. The van der Waals surface area contributed by atoms with Crippen LogP contribution in [0.5, 0.6) is 0 Å². The number of hydrogen-bond acceptors (Lipinski definition) is 0. The van der Waals surface area contributed by atoms with Crippen LogP contribution in [0.25, 0.3) is 10.9 Å². The number of benzene rings is 1. The Labute approximate surface area is 140 Å². The predicted octanol–water partition coefficient (Wildman–Crippen LogP) is 6.22. The van der Waals surface area contributed by atoms with Crippen LogP contribution in [0.2, 0.25) is 13.3 Å². The Morgan fingerprint density at radius 1 is 0.818 bits per heavy atom. The molecule has 0 radical (unpaired) electrons. The van der Waals surface area contributed by atoms with E-state index in [4.69, 9.17) is 0 Å². The number of nitrogens with one attached hydrogen (secondary N) is 1. The summed E-state index contributed by atoms with van der Waals surface area (Å²) in [5, 5.41) is 1.42. The average molecular weight is 406 g/mol. The molecular weight excluding hydrogens is 373 g/mol. The molecule has 22 heavy (non-hydrogen) atoms. The van der Waals surface area contributed by atoms with Crippen molar-refractivity contribution in [2.24, 2.45) is 0 Å². The number of para-hydroxylation sites is 1. The molecule has 0 saturated carbocycles. The maximum atomic E-state index is 3.86. The third-order valence-electron chi connectivity index (χ3n) is 5.13. The monoisotopic (exact) mass is 407 g/mol. The van der Waals surface area contributed by atoms with Crippen LogP contribution in [0.15, 0.2) is 30.3 Å². The molecule has 0 atom stereocenters. The summed E-state index contributed by atoms with van der Waals surface area (Å²) in [6, 6.07) is 11.4. The van der Waals surface area contributed by atoms with Crippen molar-refractivity contribution in [2.75, 3.05) is 0 Å². The molecule has 0 bridgehead atoms. The van der Waals surface area contributed by atoms with Gasteiger partial charge in [-0.25, -0.2) is 0 Å². The van der Waals surface area contributed by atoms with E-state index in [2.05, 4.69) is 56.1 Å². The Hall–Kier alpha value is -0.441. The zero-order valence-electron chi connectivity index (χ0n) is 14.8. The van der Waals surface area contributed by atoms with Gasteiger partial charge in [-0.3, -0.25) is 0 Å². The van der Waals surface area contributed by atoms with Crippen LogP contribution < -0.4 is 3.71 Å². The maximum absolute atomic E-state index is 3.86. The standard InChI is InChI=1S/C8H6N.3C4H9.Sn/c1-2-4-8-7(3-1)5-6-9-8;3*1-3-4-2;/h1-5,9H;3*1,3-4H2,2H3;. The molecule has 0 spiro atoms. The summed E-state index contributed by atoms with van der Waals surface area (Å²) in [4.78, 5) is 3.86. The predicted molar refractivity (Wildman–Crippen MR) is 103 cm³/mol. The number of aromatic amines is 1. The summed E-state index contributed by atoms with van der Waals surface area (Å²) >= 11 is -2.26. The van der Waals surface area contributed by atoms with Crippen molar-refractivity contribution in [1.29, 1.82) is 0 Å². The first-order valence-electron chi connectivity index (χ1n) is 9.34. The van der Waals surface area contributed by atoms with E-state index in [-0.39, 0.29) is 0 Å². The molecule has 1 aromatic heterocycles. The first kappa shape index (κ1) is 17.9. The van der Waals surface area contributed by atoms with Gasteiger partial charge in [0.1, 0.15) is 0 Å². The van der Waals surface area contributed by atoms with E-state index >= 15 is 0 Å². The van der Waals surface area contributed by atoms with E-state index in [0.29, 0.717) is 0 Å². The fourth-order valence-corrected chi connectivity index (χ4v) is 19.4. The Morgan fingerprint density at radius 3 is 1.86 bits per heavy atom. The number of H-pyrrole nitrogens is 1. The van der Waals surface area contributed by atoms with Crippen molar-refractivity contribution >= 4 is 33.0 Å². The third kappa shape index (κ3) is 4.30. The molecule has 0 aliphatic heterocycles. The second-order valence-corrected chi connectivity index (χ2v) is 20.0. The SMILES string of the molecule is CCC[CH2][Sn]([CH2]CCC)([CH2]CCC)[c]1cc2ccccc2[nH]1. The van der Waals surface area contributed by atoms with E-state index in [1.165, 1.54) is 62.7 Å². The van der Waals surface area contributed by atoms with Gasteiger partial charge in [-0.2, -0.15) is 0 Å². The molecule has 0 fully saturated rings. The molecular formula is C20H33NSn. The van der Waals surface area contributed by atoms with Gasteiger partial charge in [0.2, 0.25) is 0 Å². The number of hydrogen-bond donors (Lipinski definition) is 1. The summed E-state index contributed by atoms with van der Waals surface area (Å²) in [7, 11) is 0. The van der Waals surface area contributed by atoms with Crippen LogP contribution in [0, 0.1) is 0 Å². The number of unbranched alkanes of at least 4 members (excludes halogenated alkanes) is 3. The van der Waals surface area contributed by atoms with Crippen LogP contribution in [-0.4, -0.2) is 23.4 Å². The molecule has 0 unspecified atom stereocenters. The fourth-order valence-electron chi connectivity index (χ4n) is 3.68. The molecule has 1 aromatic carbocycles. The van der Waals surface area contributed by atoms with Crippen molar-refractivity contribution in [3.05, 3.63) is 30.3 Å². The van der Waals surface area contributed by atoms with E-state index in [1.54, 1.807) is 3.71 Å². The molecule has 0 saturated heterocycles. The van der Waals surface area contributed by atoms with Crippen molar-refractivity contribution in [1.82, 2.24) is 4.98 Å². The summed E-state index contributed by atoms with van der Waals surface area (Å²) in [6.07, 6.45) is 8.32. The molecule has 2 heteroatoms. The second kappa shape index (κ2) is 9.00. The van der Waals surface area contributed by atoms with E-state index in [1.807, 2.05) is 0 Å². The minimum absolute atomic E-state index is 1.34. The van der Waals surface area contributed by atoms with Crippen molar-refractivity contribution in [3.8, 4) is 0 Å². The average Bonchev–Trinajstić information content (AvgIpc) is 2.99. The van der Waals surface area contributed by atoms with Crippen LogP contribution >= 0.6 is 0 Å². The minimum atomic E-state index is -2.26. The molecule has 2 rings (SSSR count). The first-order chi connectivity index (χ1) is 10.8. The van der Waals surface area contributed by atoms with Gasteiger partial charge in [-0.15, -0.1) is 0 Å². The zero-order valence-corrected chi connectivity index (χ0v) is 17.6. The van der Waals surface area contributed by atoms with Crippen molar-refractivity contribution in [3.63, 3.8) is 0 Å². The van der Waals surface area contributed by atoms with E-state index < -0.39 is 18.4 Å². The van der Waals surface area contributed by atoms with Crippen molar-refractivity contribution < 1.29 is 0 Å². The first-order valence-corrected chi connectivity index (χ1v) is 16.8. The van der Waals surface area contributed by atoms with Gasteiger partial charge < -0.3 is 0 Å². The summed E-state index contributed by atoms with van der Waals surface area (Å²) in [6.45, 7) is 7.05. The van der Waals surface area contributed by atoms with Crippen LogP contribution in [0.3, 0.4) is 0 Å². The number of fused-ring (bicyclic) bond motifs is 1. The van der Waals surface area contributed by atoms with Crippen LogP contribution in [0.1, 0.15) is 59.3 Å². The number of aromatic nitrogens is 1. The van der Waals surface area contributed by atoms with Crippen LogP contribution in [0.4, 0.5) is 0 Å². The second-order valence-electron chi connectivity index (χ2n) is 6.86. The Bertz CT molecular complexity index is 503. The molecule has 2 aromatic rings. The molecule has 1 N–H and O–H groups in total. The molecule has 1 nitrogen and oxygen atoms in total. The Kier molecular flexibility index (Phi) is 7.33. The third-order valence-corrected chi connectivity index (χ3v) is 20.4. The zero-order chi connectivity index (χ0) is 15.8. The van der Waals surface area contributed by atoms with Crippen molar-refractivity contribution in [2.45, 2.75) is 72.6 Å². The van der Waals surface area contributed by atoms with E-state index in [9.17, 15) is 0 Å². The topological polar surface area (TPSA) is 15.8 Å². The fraction of sp³-hybridized carbons (Fsp3) is 0.600. The van der Waals surface area contributed by atoms with E-state index in [0.717, 1.165) is 0 Å². The Balaban J connectivity index is 2.37. The van der Waals surface area contributed by atoms with Gasteiger partial charge in [0.25, 0.3) is 0 Å². The van der Waals surface area contributed by atoms with Gasteiger partial charge in [0, 0.05) is 0 Å². The number of rotatable bonds is 10. The van der Waals surface area contributed by atoms with Gasteiger partial charge >= 0.3 is 141 Å².